The molecule has 0 bridgehead atoms. The largest absolute Gasteiger partial charge is 0.392 e. The molecule has 0 aromatic rings. The minimum Gasteiger partial charge on any atom is -0.392 e. The third kappa shape index (κ3) is 19.6. The fourth-order valence-corrected chi connectivity index (χ4v) is 2.97. The molecular formula is C21H43NO. The highest BCUT2D eigenvalue weighted by atomic mass is 16.3. The van der Waals surface area contributed by atoms with Crippen LogP contribution in [0.1, 0.15) is 103 Å². The maximum absolute atomic E-state index is 9.59. The van der Waals surface area contributed by atoms with Crippen LogP contribution in [0.2, 0.25) is 0 Å². The monoisotopic (exact) mass is 325 g/mol. The molecule has 0 aliphatic rings. The molecule has 0 rings (SSSR count). The molecule has 1 unspecified atom stereocenters. The van der Waals surface area contributed by atoms with Crippen molar-refractivity contribution in [3.8, 4) is 0 Å². The van der Waals surface area contributed by atoms with Gasteiger partial charge in [0.05, 0.1) is 6.10 Å². The number of aliphatic hydroxyl groups excluding tert-OH is 1. The minimum atomic E-state index is -0.156. The van der Waals surface area contributed by atoms with E-state index in [1.807, 2.05) is 7.05 Å². The van der Waals surface area contributed by atoms with Gasteiger partial charge in [-0.15, -0.1) is 0 Å². The van der Waals surface area contributed by atoms with Crippen molar-refractivity contribution in [2.75, 3.05) is 13.6 Å². The Morgan fingerprint density at radius 3 is 1.74 bits per heavy atom. The molecule has 0 amide bonds. The first-order chi connectivity index (χ1) is 11.3. The standard InChI is InChI=1S/C21H43NO/c1-3-4-5-6-7-8-9-10-11-12-13-14-15-16-17-18-19-21(23)20-22-2/h10-11,21-23H,3-9,12-20H2,1-2H3/b11-10-. The Bertz CT molecular complexity index is 240. The van der Waals surface area contributed by atoms with Crippen LogP contribution in [-0.4, -0.2) is 24.8 Å². The lowest BCUT2D eigenvalue weighted by atomic mass is 10.1. The van der Waals surface area contributed by atoms with Gasteiger partial charge in [-0.25, -0.2) is 0 Å². The number of nitrogens with one attached hydrogen (secondary N) is 1. The molecule has 0 radical (unpaired) electrons. The Hall–Kier alpha value is -0.340. The van der Waals surface area contributed by atoms with Crippen LogP contribution in [0, 0.1) is 0 Å². The van der Waals surface area contributed by atoms with Crippen molar-refractivity contribution in [2.24, 2.45) is 0 Å². The molecule has 2 heteroatoms. The van der Waals surface area contributed by atoms with Gasteiger partial charge in [-0.3, -0.25) is 0 Å². The molecule has 0 saturated heterocycles. The lowest BCUT2D eigenvalue weighted by Gasteiger charge is -2.08. The fourth-order valence-electron chi connectivity index (χ4n) is 2.97. The molecule has 0 heterocycles. The molecule has 2 nitrogen and oxygen atoms in total. The summed E-state index contributed by atoms with van der Waals surface area (Å²) >= 11 is 0. The van der Waals surface area contributed by atoms with E-state index in [0.29, 0.717) is 0 Å². The average molecular weight is 326 g/mol. The maximum atomic E-state index is 9.59. The molecular weight excluding hydrogens is 282 g/mol. The zero-order valence-electron chi connectivity index (χ0n) is 16.0. The van der Waals surface area contributed by atoms with Gasteiger partial charge in [0.25, 0.3) is 0 Å². The van der Waals surface area contributed by atoms with Crippen LogP contribution in [0.15, 0.2) is 12.2 Å². The van der Waals surface area contributed by atoms with Crippen LogP contribution in [0.25, 0.3) is 0 Å². The molecule has 0 saturated carbocycles. The first-order valence-electron chi connectivity index (χ1n) is 10.3. The van der Waals surface area contributed by atoms with Crippen LogP contribution in [0.5, 0.6) is 0 Å². The van der Waals surface area contributed by atoms with E-state index in [2.05, 4.69) is 24.4 Å². The molecule has 23 heavy (non-hydrogen) atoms. The van der Waals surface area contributed by atoms with Gasteiger partial charge in [0.1, 0.15) is 0 Å². The first-order valence-corrected chi connectivity index (χ1v) is 10.3. The van der Waals surface area contributed by atoms with E-state index in [-0.39, 0.29) is 6.10 Å². The van der Waals surface area contributed by atoms with Crippen molar-refractivity contribution in [2.45, 2.75) is 109 Å². The second-order valence-corrected chi connectivity index (χ2v) is 6.94. The SMILES string of the molecule is CCCCCCCC/C=C\CCCCCCCCC(O)CNC. The summed E-state index contributed by atoms with van der Waals surface area (Å²) < 4.78 is 0. The summed E-state index contributed by atoms with van der Waals surface area (Å²) in [6, 6.07) is 0. The van der Waals surface area contributed by atoms with E-state index >= 15 is 0 Å². The molecule has 0 aromatic carbocycles. The minimum absolute atomic E-state index is 0.156. The van der Waals surface area contributed by atoms with E-state index in [4.69, 9.17) is 0 Å². The zero-order valence-corrected chi connectivity index (χ0v) is 16.0. The summed E-state index contributed by atoms with van der Waals surface area (Å²) in [6.07, 6.45) is 24.3. The molecule has 138 valence electrons. The van der Waals surface area contributed by atoms with Crippen LogP contribution in [-0.2, 0) is 0 Å². The normalized spacial score (nSPS) is 13.0. The number of aliphatic hydroxyl groups is 1. The second-order valence-electron chi connectivity index (χ2n) is 6.94. The smallest absolute Gasteiger partial charge is 0.0664 e. The molecule has 0 fully saturated rings. The van der Waals surface area contributed by atoms with Gasteiger partial charge < -0.3 is 10.4 Å². The van der Waals surface area contributed by atoms with Crippen molar-refractivity contribution in [1.82, 2.24) is 5.32 Å². The van der Waals surface area contributed by atoms with Gasteiger partial charge in [-0.2, -0.15) is 0 Å². The van der Waals surface area contributed by atoms with Crippen molar-refractivity contribution < 1.29 is 5.11 Å². The van der Waals surface area contributed by atoms with Gasteiger partial charge in [0.15, 0.2) is 0 Å². The summed E-state index contributed by atoms with van der Waals surface area (Å²) in [5.41, 5.74) is 0. The summed E-state index contributed by atoms with van der Waals surface area (Å²) in [6.45, 7) is 3.00. The second kappa shape index (κ2) is 19.7. The van der Waals surface area contributed by atoms with Crippen LogP contribution >= 0.6 is 0 Å². The predicted molar refractivity (Wildman–Crippen MR) is 104 cm³/mol. The lowest BCUT2D eigenvalue weighted by molar-refractivity contribution is 0.160. The molecule has 1 atom stereocenters. The Morgan fingerprint density at radius 2 is 1.22 bits per heavy atom. The third-order valence-electron chi connectivity index (χ3n) is 4.49. The zero-order chi connectivity index (χ0) is 17.0. The Kier molecular flexibility index (Phi) is 19.4. The highest BCUT2D eigenvalue weighted by molar-refractivity contribution is 4.81. The number of rotatable bonds is 18. The molecule has 0 aliphatic heterocycles. The molecule has 0 aromatic heterocycles. The molecule has 0 spiro atoms. The summed E-state index contributed by atoms with van der Waals surface area (Å²) in [7, 11) is 1.89. The van der Waals surface area contributed by atoms with E-state index in [0.717, 1.165) is 13.0 Å². The summed E-state index contributed by atoms with van der Waals surface area (Å²) in [5, 5.41) is 12.6. The van der Waals surface area contributed by atoms with E-state index in [1.165, 1.54) is 89.9 Å². The first kappa shape index (κ1) is 22.7. The lowest BCUT2D eigenvalue weighted by Crippen LogP contribution is -2.23. The van der Waals surface area contributed by atoms with Crippen LogP contribution in [0.3, 0.4) is 0 Å². The summed E-state index contributed by atoms with van der Waals surface area (Å²) in [5.74, 6) is 0. The number of hydrogen-bond acceptors (Lipinski definition) is 2. The molecule has 0 aliphatic carbocycles. The van der Waals surface area contributed by atoms with E-state index < -0.39 is 0 Å². The number of allylic oxidation sites excluding steroid dienone is 2. The van der Waals surface area contributed by atoms with E-state index in [9.17, 15) is 5.11 Å². The van der Waals surface area contributed by atoms with Gasteiger partial charge in [-0.1, -0.05) is 83.3 Å². The Labute approximate surface area is 146 Å². The third-order valence-corrected chi connectivity index (χ3v) is 4.49. The van der Waals surface area contributed by atoms with Crippen molar-refractivity contribution in [3.05, 3.63) is 12.2 Å². The number of likely N-dealkylation sites (N-methyl/N-ethyl adjacent to an activating group) is 1. The number of unbranched alkanes of at least 4 members (excludes halogenated alkanes) is 12. The number of hydrogen-bond donors (Lipinski definition) is 2. The van der Waals surface area contributed by atoms with E-state index in [1.54, 1.807) is 0 Å². The topological polar surface area (TPSA) is 32.3 Å². The predicted octanol–water partition coefficient (Wildman–Crippen LogP) is 5.99. The summed E-state index contributed by atoms with van der Waals surface area (Å²) in [4.78, 5) is 0. The highest BCUT2D eigenvalue weighted by Crippen LogP contribution is 2.11. The average Bonchev–Trinajstić information content (AvgIpc) is 2.54. The fraction of sp³-hybridized carbons (Fsp3) is 0.905. The Balaban J connectivity index is 3.10. The maximum Gasteiger partial charge on any atom is 0.0664 e. The van der Waals surface area contributed by atoms with Gasteiger partial charge in [0, 0.05) is 6.54 Å². The van der Waals surface area contributed by atoms with Crippen molar-refractivity contribution >= 4 is 0 Å². The van der Waals surface area contributed by atoms with Crippen LogP contribution < -0.4 is 5.32 Å². The van der Waals surface area contributed by atoms with Gasteiger partial charge in [0.2, 0.25) is 0 Å². The molecule has 2 N–H and O–H groups in total. The Morgan fingerprint density at radius 1 is 0.739 bits per heavy atom. The van der Waals surface area contributed by atoms with Crippen molar-refractivity contribution in [1.29, 1.82) is 0 Å². The van der Waals surface area contributed by atoms with Gasteiger partial charge >= 0.3 is 0 Å². The van der Waals surface area contributed by atoms with Gasteiger partial charge in [-0.05, 0) is 39.2 Å². The van der Waals surface area contributed by atoms with Crippen LogP contribution in [0.4, 0.5) is 0 Å². The quantitative estimate of drug-likeness (QED) is 0.239. The van der Waals surface area contributed by atoms with Crippen molar-refractivity contribution in [3.63, 3.8) is 0 Å². The highest BCUT2D eigenvalue weighted by Gasteiger charge is 2.01.